The van der Waals surface area contributed by atoms with Crippen LogP contribution in [0.4, 0.5) is 0 Å². The van der Waals surface area contributed by atoms with E-state index < -0.39 is 0 Å². The summed E-state index contributed by atoms with van der Waals surface area (Å²) in [5.74, 6) is -0.382. The van der Waals surface area contributed by atoms with Crippen molar-refractivity contribution in [3.05, 3.63) is 102 Å². The van der Waals surface area contributed by atoms with Gasteiger partial charge in [0.25, 0.3) is 0 Å². The van der Waals surface area contributed by atoms with Crippen molar-refractivity contribution in [1.29, 1.82) is 0 Å². The number of hydrogen-bond donors (Lipinski definition) is 1. The summed E-state index contributed by atoms with van der Waals surface area (Å²) in [6.07, 6.45) is 2.80. The van der Waals surface area contributed by atoms with E-state index in [1.165, 1.54) is 11.1 Å². The van der Waals surface area contributed by atoms with Crippen LogP contribution in [0.2, 0.25) is 0 Å². The van der Waals surface area contributed by atoms with E-state index in [1.807, 2.05) is 42.5 Å². The minimum absolute atomic E-state index is 0.382. The van der Waals surface area contributed by atoms with E-state index in [4.69, 9.17) is 5.73 Å². The van der Waals surface area contributed by atoms with Crippen molar-refractivity contribution in [3.63, 3.8) is 0 Å². The molecule has 0 aliphatic carbocycles. The second-order valence-electron chi connectivity index (χ2n) is 5.42. The van der Waals surface area contributed by atoms with E-state index >= 15 is 0 Å². The lowest BCUT2D eigenvalue weighted by Gasteiger charge is -2.08. The van der Waals surface area contributed by atoms with Crippen molar-refractivity contribution >= 4 is 5.91 Å². The lowest BCUT2D eigenvalue weighted by Crippen LogP contribution is -2.13. The fourth-order valence-electron chi connectivity index (χ4n) is 2.64. The van der Waals surface area contributed by atoms with E-state index in [0.717, 1.165) is 11.1 Å². The fraction of sp³-hybridized carbons (Fsp3) is 0.0476. The Hall–Kier alpha value is -2.87. The minimum atomic E-state index is -0.382. The van der Waals surface area contributed by atoms with Crippen molar-refractivity contribution in [2.45, 2.75) is 6.42 Å². The lowest BCUT2D eigenvalue weighted by atomic mass is 9.97. The highest BCUT2D eigenvalue weighted by Crippen LogP contribution is 2.22. The van der Waals surface area contributed by atoms with Crippen LogP contribution in [0.3, 0.4) is 0 Å². The Kier molecular flexibility index (Phi) is 4.53. The molecule has 0 aliphatic heterocycles. The van der Waals surface area contributed by atoms with E-state index in [1.54, 1.807) is 6.07 Å². The molecule has 0 unspecified atom stereocenters. The molecule has 0 bridgehead atoms. The Bertz CT molecular complexity index is 809. The van der Waals surface area contributed by atoms with Crippen molar-refractivity contribution in [1.82, 2.24) is 0 Å². The molecular formula is C21H18NO. The molecule has 0 aromatic heterocycles. The lowest BCUT2D eigenvalue weighted by molar-refractivity contribution is 0.0999. The van der Waals surface area contributed by atoms with Gasteiger partial charge in [-0.05, 0) is 41.2 Å². The topological polar surface area (TPSA) is 43.1 Å². The van der Waals surface area contributed by atoms with E-state index in [-0.39, 0.29) is 5.91 Å². The van der Waals surface area contributed by atoms with Gasteiger partial charge in [0, 0.05) is 5.56 Å². The Morgan fingerprint density at radius 3 is 2.30 bits per heavy atom. The van der Waals surface area contributed by atoms with Crippen LogP contribution in [0.15, 0.2) is 78.9 Å². The Morgan fingerprint density at radius 1 is 0.826 bits per heavy atom. The van der Waals surface area contributed by atoms with Crippen LogP contribution in [0, 0.1) is 6.42 Å². The monoisotopic (exact) mass is 300 g/mol. The largest absolute Gasteiger partial charge is 0.366 e. The molecule has 3 aromatic rings. The van der Waals surface area contributed by atoms with Gasteiger partial charge in [0.1, 0.15) is 0 Å². The van der Waals surface area contributed by atoms with E-state index in [0.29, 0.717) is 12.0 Å². The summed E-state index contributed by atoms with van der Waals surface area (Å²) in [7, 11) is 0. The standard InChI is InChI=1S/C21H18NO/c22-21(23)20-12-5-4-10-18(20)14-13-16-7-6-11-19(15-16)17-8-2-1-3-9-17/h1-13,15H,14H2,(H2,22,23). The van der Waals surface area contributed by atoms with Gasteiger partial charge in [-0.15, -0.1) is 0 Å². The summed E-state index contributed by atoms with van der Waals surface area (Å²) < 4.78 is 0. The minimum Gasteiger partial charge on any atom is -0.366 e. The maximum atomic E-state index is 11.5. The van der Waals surface area contributed by atoms with Gasteiger partial charge in [-0.3, -0.25) is 4.79 Å². The van der Waals surface area contributed by atoms with Crippen LogP contribution < -0.4 is 5.73 Å². The third-order valence-corrected chi connectivity index (χ3v) is 3.83. The zero-order valence-corrected chi connectivity index (χ0v) is 12.8. The van der Waals surface area contributed by atoms with Crippen molar-refractivity contribution in [2.24, 2.45) is 5.73 Å². The van der Waals surface area contributed by atoms with Crippen LogP contribution in [0.25, 0.3) is 11.1 Å². The highest BCUT2D eigenvalue weighted by Gasteiger charge is 2.07. The quantitative estimate of drug-likeness (QED) is 0.752. The zero-order chi connectivity index (χ0) is 16.1. The fourth-order valence-corrected chi connectivity index (χ4v) is 2.64. The van der Waals surface area contributed by atoms with Crippen LogP contribution in [-0.2, 0) is 6.42 Å². The molecule has 1 radical (unpaired) electrons. The maximum absolute atomic E-state index is 11.5. The first kappa shape index (κ1) is 15.0. The Labute approximate surface area is 136 Å². The normalized spacial score (nSPS) is 10.4. The third kappa shape index (κ3) is 3.67. The summed E-state index contributed by atoms with van der Waals surface area (Å²) in [6, 6.07) is 26.1. The highest BCUT2D eigenvalue weighted by molar-refractivity contribution is 5.94. The number of carbonyl (C=O) groups excluding carboxylic acids is 1. The molecule has 0 atom stereocenters. The van der Waals surface area contributed by atoms with Gasteiger partial charge in [-0.1, -0.05) is 72.8 Å². The zero-order valence-electron chi connectivity index (χ0n) is 12.8. The molecule has 0 heterocycles. The number of amides is 1. The predicted molar refractivity (Wildman–Crippen MR) is 93.9 cm³/mol. The molecule has 0 spiro atoms. The molecule has 113 valence electrons. The van der Waals surface area contributed by atoms with Crippen LogP contribution in [0.1, 0.15) is 21.5 Å². The van der Waals surface area contributed by atoms with Gasteiger partial charge >= 0.3 is 0 Å². The molecule has 23 heavy (non-hydrogen) atoms. The smallest absolute Gasteiger partial charge is 0.248 e. The molecule has 1 amide bonds. The molecule has 0 saturated heterocycles. The number of benzene rings is 3. The summed E-state index contributed by atoms with van der Waals surface area (Å²) in [4.78, 5) is 11.5. The first-order valence-corrected chi connectivity index (χ1v) is 7.60. The molecule has 3 aromatic carbocycles. The molecule has 0 aliphatic rings. The molecular weight excluding hydrogens is 282 g/mol. The summed E-state index contributed by atoms with van der Waals surface area (Å²) in [5.41, 5.74) is 10.5. The number of rotatable bonds is 5. The van der Waals surface area contributed by atoms with Crippen LogP contribution in [0.5, 0.6) is 0 Å². The summed E-state index contributed by atoms with van der Waals surface area (Å²) >= 11 is 0. The van der Waals surface area contributed by atoms with Gasteiger partial charge in [-0.25, -0.2) is 0 Å². The van der Waals surface area contributed by atoms with Gasteiger partial charge in [0.15, 0.2) is 0 Å². The number of hydrogen-bond acceptors (Lipinski definition) is 1. The van der Waals surface area contributed by atoms with Crippen molar-refractivity contribution < 1.29 is 4.79 Å². The number of carbonyl (C=O) groups is 1. The molecule has 2 nitrogen and oxygen atoms in total. The van der Waals surface area contributed by atoms with E-state index in [2.05, 4.69) is 36.8 Å². The molecule has 2 heteroatoms. The average Bonchev–Trinajstić information content (AvgIpc) is 2.61. The first-order valence-electron chi connectivity index (χ1n) is 7.60. The second kappa shape index (κ2) is 6.93. The van der Waals surface area contributed by atoms with Gasteiger partial charge < -0.3 is 5.73 Å². The van der Waals surface area contributed by atoms with Gasteiger partial charge in [0.05, 0.1) is 0 Å². The molecule has 0 saturated carbocycles. The summed E-state index contributed by atoms with van der Waals surface area (Å²) in [5, 5.41) is 0. The Balaban J connectivity index is 1.78. The van der Waals surface area contributed by atoms with Gasteiger partial charge in [0.2, 0.25) is 5.91 Å². The van der Waals surface area contributed by atoms with Gasteiger partial charge in [-0.2, -0.15) is 0 Å². The molecule has 2 N–H and O–H groups in total. The van der Waals surface area contributed by atoms with Crippen molar-refractivity contribution in [2.75, 3.05) is 0 Å². The summed E-state index contributed by atoms with van der Waals surface area (Å²) in [6.45, 7) is 0. The first-order chi connectivity index (χ1) is 11.2. The average molecular weight is 300 g/mol. The number of primary amides is 1. The molecule has 0 fully saturated rings. The number of nitrogens with two attached hydrogens (primary N) is 1. The molecule has 3 rings (SSSR count). The maximum Gasteiger partial charge on any atom is 0.248 e. The Morgan fingerprint density at radius 2 is 1.52 bits per heavy atom. The third-order valence-electron chi connectivity index (χ3n) is 3.83. The highest BCUT2D eigenvalue weighted by atomic mass is 16.1. The van der Waals surface area contributed by atoms with E-state index in [9.17, 15) is 4.79 Å². The second-order valence-corrected chi connectivity index (χ2v) is 5.42. The SMILES string of the molecule is NC(=O)c1ccccc1C[CH]c1cccc(-c2ccccc2)c1. The predicted octanol–water partition coefficient (Wildman–Crippen LogP) is 4.25. The van der Waals surface area contributed by atoms with Crippen LogP contribution in [-0.4, -0.2) is 5.91 Å². The van der Waals surface area contributed by atoms with Crippen molar-refractivity contribution in [3.8, 4) is 11.1 Å². The van der Waals surface area contributed by atoms with Crippen LogP contribution >= 0.6 is 0 Å².